The van der Waals surface area contributed by atoms with Crippen molar-refractivity contribution < 1.29 is 0 Å². The lowest BCUT2D eigenvalue weighted by Gasteiger charge is -2.28. The molecule has 0 aliphatic heterocycles. The zero-order valence-electron chi connectivity index (χ0n) is 11.7. The molecule has 0 spiro atoms. The van der Waals surface area contributed by atoms with E-state index in [2.05, 4.69) is 63.3 Å². The first-order valence-corrected chi connectivity index (χ1v) is 6.92. The van der Waals surface area contributed by atoms with Crippen molar-refractivity contribution in [2.24, 2.45) is 11.8 Å². The standard InChI is InChI=1S/C16H27N/c1-5-11-17-16(14(4)13(2)3)12-15-9-7-6-8-10-15/h6-10,13-14,16-17H,5,11-12H2,1-4H3. The van der Waals surface area contributed by atoms with Crippen LogP contribution in [-0.2, 0) is 6.42 Å². The summed E-state index contributed by atoms with van der Waals surface area (Å²) in [5.74, 6) is 1.44. The van der Waals surface area contributed by atoms with Crippen molar-refractivity contribution in [3.05, 3.63) is 35.9 Å². The minimum Gasteiger partial charge on any atom is -0.313 e. The van der Waals surface area contributed by atoms with Gasteiger partial charge in [-0.2, -0.15) is 0 Å². The zero-order valence-corrected chi connectivity index (χ0v) is 11.7. The highest BCUT2D eigenvalue weighted by Crippen LogP contribution is 2.18. The zero-order chi connectivity index (χ0) is 12.7. The molecular formula is C16H27N. The van der Waals surface area contributed by atoms with Gasteiger partial charge >= 0.3 is 0 Å². The summed E-state index contributed by atoms with van der Waals surface area (Å²) in [6, 6.07) is 11.4. The predicted octanol–water partition coefficient (Wildman–Crippen LogP) is 3.89. The Balaban J connectivity index is 2.63. The fourth-order valence-electron chi connectivity index (χ4n) is 2.11. The van der Waals surface area contributed by atoms with Crippen LogP contribution in [0.4, 0.5) is 0 Å². The Morgan fingerprint density at radius 3 is 2.24 bits per heavy atom. The number of hydrogen-bond acceptors (Lipinski definition) is 1. The summed E-state index contributed by atoms with van der Waals surface area (Å²) < 4.78 is 0. The second kappa shape index (κ2) is 7.50. The van der Waals surface area contributed by atoms with E-state index in [9.17, 15) is 0 Å². The van der Waals surface area contributed by atoms with E-state index in [4.69, 9.17) is 0 Å². The lowest BCUT2D eigenvalue weighted by Crippen LogP contribution is -2.39. The molecule has 17 heavy (non-hydrogen) atoms. The van der Waals surface area contributed by atoms with Crippen molar-refractivity contribution in [1.29, 1.82) is 0 Å². The molecule has 1 aromatic rings. The Morgan fingerprint density at radius 1 is 1.06 bits per heavy atom. The fourth-order valence-corrected chi connectivity index (χ4v) is 2.11. The van der Waals surface area contributed by atoms with Crippen molar-refractivity contribution in [2.45, 2.75) is 46.6 Å². The molecule has 0 amide bonds. The molecule has 0 aliphatic carbocycles. The van der Waals surface area contributed by atoms with E-state index in [1.807, 2.05) is 0 Å². The third-order valence-corrected chi connectivity index (χ3v) is 3.64. The Hall–Kier alpha value is -0.820. The van der Waals surface area contributed by atoms with Crippen molar-refractivity contribution in [3.63, 3.8) is 0 Å². The molecule has 0 saturated carbocycles. The van der Waals surface area contributed by atoms with Crippen molar-refractivity contribution in [1.82, 2.24) is 5.32 Å². The Morgan fingerprint density at radius 2 is 1.71 bits per heavy atom. The first-order valence-electron chi connectivity index (χ1n) is 6.92. The normalized spacial score (nSPS) is 14.9. The minimum absolute atomic E-state index is 0.595. The summed E-state index contributed by atoms with van der Waals surface area (Å²) in [6.07, 6.45) is 2.34. The van der Waals surface area contributed by atoms with E-state index in [-0.39, 0.29) is 0 Å². The fraction of sp³-hybridized carbons (Fsp3) is 0.625. The second-order valence-corrected chi connectivity index (χ2v) is 5.35. The van der Waals surface area contributed by atoms with E-state index in [0.29, 0.717) is 12.0 Å². The first kappa shape index (κ1) is 14.2. The summed E-state index contributed by atoms with van der Waals surface area (Å²) in [7, 11) is 0. The van der Waals surface area contributed by atoms with Gasteiger partial charge < -0.3 is 5.32 Å². The molecule has 0 bridgehead atoms. The molecular weight excluding hydrogens is 206 g/mol. The van der Waals surface area contributed by atoms with E-state index in [1.54, 1.807) is 0 Å². The van der Waals surface area contributed by atoms with Gasteiger partial charge in [-0.3, -0.25) is 0 Å². The van der Waals surface area contributed by atoms with Crippen LogP contribution in [0.25, 0.3) is 0 Å². The SMILES string of the molecule is CCCNC(Cc1ccccc1)C(C)C(C)C. The smallest absolute Gasteiger partial charge is 0.0135 e. The highest BCUT2D eigenvalue weighted by molar-refractivity contribution is 5.16. The van der Waals surface area contributed by atoms with E-state index < -0.39 is 0 Å². The summed E-state index contributed by atoms with van der Waals surface area (Å²) >= 11 is 0. The minimum atomic E-state index is 0.595. The van der Waals surface area contributed by atoms with Crippen molar-refractivity contribution in [2.75, 3.05) is 6.54 Å². The third kappa shape index (κ3) is 4.91. The first-order chi connectivity index (χ1) is 8.15. The molecule has 0 heterocycles. The molecule has 2 unspecified atom stereocenters. The van der Waals surface area contributed by atoms with Gasteiger partial charge in [0, 0.05) is 6.04 Å². The van der Waals surface area contributed by atoms with Gasteiger partial charge in [-0.25, -0.2) is 0 Å². The molecule has 96 valence electrons. The average molecular weight is 233 g/mol. The number of hydrogen-bond donors (Lipinski definition) is 1. The van der Waals surface area contributed by atoms with Crippen LogP contribution in [0.5, 0.6) is 0 Å². The van der Waals surface area contributed by atoms with Crippen molar-refractivity contribution in [3.8, 4) is 0 Å². The maximum Gasteiger partial charge on any atom is 0.0135 e. The Kier molecular flexibility index (Phi) is 6.28. The van der Waals surface area contributed by atoms with Gasteiger partial charge in [0.15, 0.2) is 0 Å². The molecule has 0 fully saturated rings. The maximum absolute atomic E-state index is 3.70. The molecule has 1 heteroatoms. The summed E-state index contributed by atoms with van der Waals surface area (Å²) in [5, 5.41) is 3.70. The number of nitrogens with one attached hydrogen (secondary N) is 1. The van der Waals surface area contributed by atoms with E-state index in [0.717, 1.165) is 18.9 Å². The number of rotatable bonds is 7. The molecule has 0 saturated heterocycles. The average Bonchev–Trinajstić information content (AvgIpc) is 2.34. The maximum atomic E-state index is 3.70. The van der Waals surface area contributed by atoms with Gasteiger partial charge in [-0.15, -0.1) is 0 Å². The van der Waals surface area contributed by atoms with E-state index in [1.165, 1.54) is 12.0 Å². The van der Waals surface area contributed by atoms with Gasteiger partial charge in [0.1, 0.15) is 0 Å². The van der Waals surface area contributed by atoms with Crippen LogP contribution in [0.1, 0.15) is 39.7 Å². The van der Waals surface area contributed by atoms with Crippen LogP contribution in [0.3, 0.4) is 0 Å². The molecule has 0 radical (unpaired) electrons. The van der Waals surface area contributed by atoms with Crippen LogP contribution < -0.4 is 5.32 Å². The molecule has 0 aliphatic rings. The third-order valence-electron chi connectivity index (χ3n) is 3.64. The van der Waals surface area contributed by atoms with Crippen LogP contribution in [0, 0.1) is 11.8 Å². The molecule has 0 aromatic heterocycles. The van der Waals surface area contributed by atoms with Crippen LogP contribution in [0.2, 0.25) is 0 Å². The molecule has 1 nitrogen and oxygen atoms in total. The van der Waals surface area contributed by atoms with Gasteiger partial charge in [0.2, 0.25) is 0 Å². The van der Waals surface area contributed by atoms with Gasteiger partial charge in [-0.1, -0.05) is 58.0 Å². The van der Waals surface area contributed by atoms with Crippen LogP contribution >= 0.6 is 0 Å². The Labute approximate surface area is 107 Å². The van der Waals surface area contributed by atoms with E-state index >= 15 is 0 Å². The Bertz CT molecular complexity index is 292. The number of benzene rings is 1. The highest BCUT2D eigenvalue weighted by atomic mass is 14.9. The summed E-state index contributed by atoms with van der Waals surface area (Å²) in [4.78, 5) is 0. The lowest BCUT2D eigenvalue weighted by molar-refractivity contribution is 0.297. The van der Waals surface area contributed by atoms with Crippen LogP contribution in [-0.4, -0.2) is 12.6 Å². The van der Waals surface area contributed by atoms with Crippen molar-refractivity contribution >= 4 is 0 Å². The largest absolute Gasteiger partial charge is 0.313 e. The lowest BCUT2D eigenvalue weighted by atomic mass is 9.86. The molecule has 1 rings (SSSR count). The van der Waals surface area contributed by atoms with Gasteiger partial charge in [-0.05, 0) is 36.8 Å². The topological polar surface area (TPSA) is 12.0 Å². The molecule has 1 aromatic carbocycles. The molecule has 2 atom stereocenters. The molecule has 1 N–H and O–H groups in total. The quantitative estimate of drug-likeness (QED) is 0.753. The van der Waals surface area contributed by atoms with Crippen LogP contribution in [0.15, 0.2) is 30.3 Å². The second-order valence-electron chi connectivity index (χ2n) is 5.35. The van der Waals surface area contributed by atoms with Gasteiger partial charge in [0.05, 0.1) is 0 Å². The highest BCUT2D eigenvalue weighted by Gasteiger charge is 2.19. The monoisotopic (exact) mass is 233 g/mol. The van der Waals surface area contributed by atoms with Gasteiger partial charge in [0.25, 0.3) is 0 Å². The summed E-state index contributed by atoms with van der Waals surface area (Å²) in [5.41, 5.74) is 1.44. The predicted molar refractivity (Wildman–Crippen MR) is 76.2 cm³/mol. The summed E-state index contributed by atoms with van der Waals surface area (Å²) in [6.45, 7) is 10.3.